The van der Waals surface area contributed by atoms with Crippen molar-refractivity contribution < 1.29 is 9.53 Å². The second-order valence-electron chi connectivity index (χ2n) is 5.18. The maximum atomic E-state index is 12.4. The summed E-state index contributed by atoms with van der Waals surface area (Å²) in [5.41, 5.74) is 4.77. The van der Waals surface area contributed by atoms with Crippen molar-refractivity contribution in [2.45, 2.75) is 13.3 Å². The molecule has 0 bridgehead atoms. The van der Waals surface area contributed by atoms with Crippen molar-refractivity contribution in [3.63, 3.8) is 0 Å². The van der Waals surface area contributed by atoms with Crippen molar-refractivity contribution >= 4 is 17.3 Å². The number of amides is 1. The lowest BCUT2D eigenvalue weighted by Crippen LogP contribution is -2.13. The van der Waals surface area contributed by atoms with E-state index in [0.717, 1.165) is 35.7 Å². The van der Waals surface area contributed by atoms with Crippen LogP contribution in [-0.4, -0.2) is 19.6 Å². The van der Waals surface area contributed by atoms with Crippen LogP contribution in [0, 0.1) is 6.92 Å². The van der Waals surface area contributed by atoms with Gasteiger partial charge in [0.15, 0.2) is 0 Å². The molecule has 2 aromatic rings. The Morgan fingerprint density at radius 3 is 2.86 bits per heavy atom. The summed E-state index contributed by atoms with van der Waals surface area (Å²) >= 11 is 0. The molecule has 0 aliphatic carbocycles. The highest BCUT2D eigenvalue weighted by Gasteiger charge is 2.14. The van der Waals surface area contributed by atoms with Crippen molar-refractivity contribution in [2.24, 2.45) is 0 Å². The minimum Gasteiger partial charge on any atom is -0.497 e. The normalized spacial score (nSPS) is 12.5. The van der Waals surface area contributed by atoms with Gasteiger partial charge in [-0.1, -0.05) is 6.07 Å². The third-order valence-corrected chi connectivity index (χ3v) is 3.76. The number of rotatable bonds is 3. The number of fused-ring (bicyclic) bond motifs is 1. The Hall–Kier alpha value is -2.49. The molecule has 0 saturated carbocycles. The molecule has 2 N–H and O–H groups in total. The van der Waals surface area contributed by atoms with E-state index < -0.39 is 0 Å². The molecule has 4 heteroatoms. The monoisotopic (exact) mass is 282 g/mol. The minimum atomic E-state index is -0.0974. The molecule has 1 aliphatic rings. The molecule has 108 valence electrons. The van der Waals surface area contributed by atoms with Gasteiger partial charge in [-0.05, 0) is 54.8 Å². The third kappa shape index (κ3) is 2.70. The highest BCUT2D eigenvalue weighted by Crippen LogP contribution is 2.25. The van der Waals surface area contributed by atoms with Gasteiger partial charge in [0.25, 0.3) is 5.91 Å². The van der Waals surface area contributed by atoms with E-state index in [0.29, 0.717) is 5.56 Å². The smallest absolute Gasteiger partial charge is 0.255 e. The molecule has 2 aromatic carbocycles. The van der Waals surface area contributed by atoms with Gasteiger partial charge in [-0.15, -0.1) is 0 Å². The van der Waals surface area contributed by atoms with Gasteiger partial charge in [0.1, 0.15) is 5.75 Å². The fourth-order valence-corrected chi connectivity index (χ4v) is 2.53. The number of anilines is 2. The van der Waals surface area contributed by atoms with Crippen LogP contribution in [0.25, 0.3) is 0 Å². The van der Waals surface area contributed by atoms with Crippen LogP contribution in [0.1, 0.15) is 21.5 Å². The minimum absolute atomic E-state index is 0.0974. The zero-order valence-electron chi connectivity index (χ0n) is 12.2. The van der Waals surface area contributed by atoms with Crippen LogP contribution in [0.2, 0.25) is 0 Å². The van der Waals surface area contributed by atoms with Crippen LogP contribution < -0.4 is 15.4 Å². The first-order valence-corrected chi connectivity index (χ1v) is 7.00. The number of methoxy groups -OCH3 is 1. The maximum Gasteiger partial charge on any atom is 0.255 e. The van der Waals surface area contributed by atoms with E-state index in [2.05, 4.69) is 10.6 Å². The standard InChI is InChI=1S/C17H18N2O2/c1-11-9-14(21-2)5-6-15(11)19-17(20)13-4-3-12-7-8-18-16(12)10-13/h3-6,9-10,18H,7-8H2,1-2H3,(H,19,20). The Bertz CT molecular complexity index is 695. The zero-order valence-corrected chi connectivity index (χ0v) is 12.2. The summed E-state index contributed by atoms with van der Waals surface area (Å²) in [6.07, 6.45) is 1.02. The van der Waals surface area contributed by atoms with Gasteiger partial charge in [0.05, 0.1) is 7.11 Å². The van der Waals surface area contributed by atoms with E-state index in [1.54, 1.807) is 7.11 Å². The van der Waals surface area contributed by atoms with Crippen LogP contribution in [0.5, 0.6) is 5.75 Å². The fraction of sp³-hybridized carbons (Fsp3) is 0.235. The van der Waals surface area contributed by atoms with E-state index >= 15 is 0 Å². The van der Waals surface area contributed by atoms with Gasteiger partial charge in [0, 0.05) is 23.5 Å². The van der Waals surface area contributed by atoms with Crippen molar-refractivity contribution in [3.8, 4) is 5.75 Å². The Kier molecular flexibility index (Phi) is 3.52. The molecule has 0 spiro atoms. The Morgan fingerprint density at radius 2 is 2.10 bits per heavy atom. The molecule has 0 aromatic heterocycles. The largest absolute Gasteiger partial charge is 0.497 e. The number of ether oxygens (including phenoxy) is 1. The molecule has 0 unspecified atom stereocenters. The lowest BCUT2D eigenvalue weighted by atomic mass is 10.1. The number of hydrogen-bond donors (Lipinski definition) is 2. The van der Waals surface area contributed by atoms with E-state index in [9.17, 15) is 4.79 Å². The molecule has 0 radical (unpaired) electrons. The lowest BCUT2D eigenvalue weighted by molar-refractivity contribution is 0.102. The number of nitrogens with one attached hydrogen (secondary N) is 2. The first kappa shape index (κ1) is 13.5. The van der Waals surface area contributed by atoms with E-state index in [4.69, 9.17) is 4.74 Å². The topological polar surface area (TPSA) is 50.4 Å². The summed E-state index contributed by atoms with van der Waals surface area (Å²) < 4.78 is 5.17. The first-order chi connectivity index (χ1) is 10.2. The summed E-state index contributed by atoms with van der Waals surface area (Å²) in [5, 5.41) is 6.24. The average molecular weight is 282 g/mol. The predicted octanol–water partition coefficient (Wildman–Crippen LogP) is 3.22. The molecule has 3 rings (SSSR count). The number of carbonyl (C=O) groups excluding carboxylic acids is 1. The van der Waals surface area contributed by atoms with Crippen LogP contribution in [-0.2, 0) is 6.42 Å². The Morgan fingerprint density at radius 1 is 1.24 bits per heavy atom. The van der Waals surface area contributed by atoms with Crippen LogP contribution in [0.4, 0.5) is 11.4 Å². The van der Waals surface area contributed by atoms with Crippen molar-refractivity contribution in [1.82, 2.24) is 0 Å². The molecular formula is C17H18N2O2. The molecule has 1 heterocycles. The summed E-state index contributed by atoms with van der Waals surface area (Å²) in [7, 11) is 1.63. The zero-order chi connectivity index (χ0) is 14.8. The summed E-state index contributed by atoms with van der Waals surface area (Å²) in [5.74, 6) is 0.687. The van der Waals surface area contributed by atoms with Gasteiger partial charge in [-0.25, -0.2) is 0 Å². The van der Waals surface area contributed by atoms with Gasteiger partial charge >= 0.3 is 0 Å². The molecule has 1 aliphatic heterocycles. The number of carbonyl (C=O) groups is 1. The Balaban J connectivity index is 1.80. The summed E-state index contributed by atoms with van der Waals surface area (Å²) in [4.78, 5) is 12.4. The second kappa shape index (κ2) is 5.48. The molecule has 4 nitrogen and oxygen atoms in total. The molecule has 0 fully saturated rings. The number of aryl methyl sites for hydroxylation is 1. The van der Waals surface area contributed by atoms with Gasteiger partial charge < -0.3 is 15.4 Å². The molecular weight excluding hydrogens is 264 g/mol. The first-order valence-electron chi connectivity index (χ1n) is 7.00. The molecule has 21 heavy (non-hydrogen) atoms. The van der Waals surface area contributed by atoms with Crippen LogP contribution >= 0.6 is 0 Å². The highest BCUT2D eigenvalue weighted by atomic mass is 16.5. The lowest BCUT2D eigenvalue weighted by Gasteiger charge is -2.10. The quantitative estimate of drug-likeness (QED) is 0.908. The SMILES string of the molecule is COc1ccc(NC(=O)c2ccc3c(c2)NCC3)c(C)c1. The van der Waals surface area contributed by atoms with Gasteiger partial charge in [0.2, 0.25) is 0 Å². The van der Waals surface area contributed by atoms with Crippen LogP contribution in [0.3, 0.4) is 0 Å². The number of benzene rings is 2. The van der Waals surface area contributed by atoms with Crippen molar-refractivity contribution in [2.75, 3.05) is 24.3 Å². The predicted molar refractivity (Wildman–Crippen MR) is 84.3 cm³/mol. The van der Waals surface area contributed by atoms with E-state index in [1.807, 2.05) is 43.3 Å². The molecule has 0 atom stereocenters. The maximum absolute atomic E-state index is 12.4. The summed E-state index contributed by atoms with van der Waals surface area (Å²) in [6, 6.07) is 11.4. The van der Waals surface area contributed by atoms with Crippen molar-refractivity contribution in [3.05, 3.63) is 53.1 Å². The second-order valence-corrected chi connectivity index (χ2v) is 5.18. The third-order valence-electron chi connectivity index (χ3n) is 3.76. The van der Waals surface area contributed by atoms with Gasteiger partial charge in [-0.3, -0.25) is 4.79 Å². The fourth-order valence-electron chi connectivity index (χ4n) is 2.53. The average Bonchev–Trinajstić information content (AvgIpc) is 2.96. The van der Waals surface area contributed by atoms with E-state index in [-0.39, 0.29) is 5.91 Å². The van der Waals surface area contributed by atoms with Crippen LogP contribution in [0.15, 0.2) is 36.4 Å². The highest BCUT2D eigenvalue weighted by molar-refractivity contribution is 6.05. The van der Waals surface area contributed by atoms with Crippen molar-refractivity contribution in [1.29, 1.82) is 0 Å². The Labute approximate surface area is 124 Å². The van der Waals surface area contributed by atoms with Gasteiger partial charge in [-0.2, -0.15) is 0 Å². The number of hydrogen-bond acceptors (Lipinski definition) is 3. The molecule has 0 saturated heterocycles. The van der Waals surface area contributed by atoms with E-state index in [1.165, 1.54) is 5.56 Å². The summed E-state index contributed by atoms with van der Waals surface area (Å²) in [6.45, 7) is 2.89. The molecule has 1 amide bonds.